The number of hydrogen-bond acceptors (Lipinski definition) is 5. The van der Waals surface area contributed by atoms with Crippen LogP contribution in [-0.2, 0) is 14.4 Å². The third-order valence-electron chi connectivity index (χ3n) is 9.08. The fourth-order valence-corrected chi connectivity index (χ4v) is 9.84. The Bertz CT molecular complexity index is 1160. The van der Waals surface area contributed by atoms with Crippen molar-refractivity contribution >= 4 is 35.2 Å². The van der Waals surface area contributed by atoms with Crippen LogP contribution in [-0.4, -0.2) is 79.9 Å². The smallest absolute Gasteiger partial charge is 0.247 e. The Kier molecular flexibility index (Phi) is 9.15. The molecule has 3 heterocycles. The highest BCUT2D eigenvalue weighted by Crippen LogP contribution is 2.69. The van der Waals surface area contributed by atoms with Gasteiger partial charge in [-0.25, -0.2) is 0 Å². The van der Waals surface area contributed by atoms with Crippen LogP contribution in [0.4, 0.5) is 5.69 Å². The van der Waals surface area contributed by atoms with Crippen molar-refractivity contribution in [1.82, 2.24) is 9.80 Å². The molecule has 3 amide bonds. The third kappa shape index (κ3) is 5.27. The van der Waals surface area contributed by atoms with Crippen molar-refractivity contribution in [3.8, 4) is 0 Å². The van der Waals surface area contributed by atoms with Gasteiger partial charge in [-0.15, -0.1) is 24.9 Å². The highest BCUT2D eigenvalue weighted by Gasteiger charge is 2.77. The van der Waals surface area contributed by atoms with Gasteiger partial charge in [-0.1, -0.05) is 51.1 Å². The van der Waals surface area contributed by atoms with Crippen LogP contribution in [0.1, 0.15) is 54.4 Å². The Hall–Kier alpha value is -2.58. The van der Waals surface area contributed by atoms with E-state index in [2.05, 4.69) is 33.9 Å². The summed E-state index contributed by atoms with van der Waals surface area (Å²) in [5, 5.41) is 10.5. The molecule has 3 unspecified atom stereocenters. The molecule has 8 heteroatoms. The maximum absolute atomic E-state index is 14.7. The lowest BCUT2D eigenvalue weighted by Crippen LogP contribution is -2.62. The normalized spacial score (nSPS) is 29.4. The van der Waals surface area contributed by atoms with E-state index in [-0.39, 0.29) is 41.4 Å². The summed E-state index contributed by atoms with van der Waals surface area (Å²) in [5.74, 6) is -1.37. The van der Waals surface area contributed by atoms with Crippen molar-refractivity contribution < 1.29 is 19.5 Å². The molecule has 7 atom stereocenters. The SMILES string of the molecule is C=CCN(C(=O)[C@@H]1[C@H]2C(=O)N([C@@H](CO)CC(C)C)C(C(=O)N(CC=C)C(C)(C)C)C23S[C@@H]1CC3C)c1ccccc1. The van der Waals surface area contributed by atoms with Gasteiger partial charge in [0.1, 0.15) is 6.04 Å². The Balaban J connectivity index is 1.86. The van der Waals surface area contributed by atoms with E-state index in [1.807, 2.05) is 51.1 Å². The molecule has 0 aliphatic carbocycles. The summed E-state index contributed by atoms with van der Waals surface area (Å²) in [6.45, 7) is 20.4. The van der Waals surface area contributed by atoms with E-state index >= 15 is 0 Å². The number of nitrogens with zero attached hydrogens (tertiary/aromatic N) is 3. The zero-order chi connectivity index (χ0) is 30.3. The van der Waals surface area contributed by atoms with Crippen molar-refractivity contribution in [2.24, 2.45) is 23.7 Å². The summed E-state index contributed by atoms with van der Waals surface area (Å²) >= 11 is 1.67. The number of aliphatic hydroxyl groups is 1. The second-order valence-corrected chi connectivity index (χ2v) is 14.8. The van der Waals surface area contributed by atoms with Gasteiger partial charge in [0.05, 0.1) is 29.2 Å². The zero-order valence-corrected chi connectivity index (χ0v) is 26.3. The van der Waals surface area contributed by atoms with Crippen molar-refractivity contribution in [3.05, 3.63) is 55.6 Å². The maximum Gasteiger partial charge on any atom is 0.247 e. The summed E-state index contributed by atoms with van der Waals surface area (Å²) in [5.41, 5.74) is 0.259. The first-order chi connectivity index (χ1) is 19.3. The molecule has 1 aromatic rings. The highest BCUT2D eigenvalue weighted by atomic mass is 32.2. The second-order valence-electron chi connectivity index (χ2n) is 13.2. The van der Waals surface area contributed by atoms with Crippen LogP contribution < -0.4 is 4.90 Å². The predicted molar refractivity (Wildman–Crippen MR) is 166 cm³/mol. The standard InChI is InChI=1S/C33H47N3O4S/c1-9-16-34(23-14-12-11-13-15-23)29(38)26-25-19-22(5)33(41-25)27(26)30(39)36(24(20-37)18-21(3)4)28(33)31(40)35(17-10-2)32(6,7)8/h9-15,21-22,24-28,37H,1-2,16-20H2,3-8H3/t22?,24-,25-,26+,27+,28?,33?/m1/s1. The number of amides is 3. The fraction of sp³-hybridized carbons (Fsp3) is 0.606. The minimum atomic E-state index is -0.776. The number of anilines is 1. The minimum absolute atomic E-state index is 0.0444. The molecule has 3 aliphatic heterocycles. The van der Waals surface area contributed by atoms with E-state index in [0.717, 1.165) is 12.1 Å². The molecule has 3 fully saturated rings. The van der Waals surface area contributed by atoms with E-state index in [4.69, 9.17) is 0 Å². The number of carbonyl (C=O) groups excluding carboxylic acids is 3. The highest BCUT2D eigenvalue weighted by molar-refractivity contribution is 8.02. The molecule has 224 valence electrons. The van der Waals surface area contributed by atoms with Gasteiger partial charge in [-0.2, -0.15) is 0 Å². The lowest BCUT2D eigenvalue weighted by Gasteiger charge is -2.45. The number of likely N-dealkylation sites (tertiary alicyclic amines) is 1. The number of hydrogen-bond donors (Lipinski definition) is 1. The molecular weight excluding hydrogens is 534 g/mol. The Labute approximate surface area is 250 Å². The minimum Gasteiger partial charge on any atom is -0.394 e. The van der Waals surface area contributed by atoms with Crippen LogP contribution in [0, 0.1) is 23.7 Å². The predicted octanol–water partition coefficient (Wildman–Crippen LogP) is 4.76. The number of para-hydroxylation sites is 1. The van der Waals surface area contributed by atoms with Gasteiger partial charge in [0.15, 0.2) is 0 Å². The number of carbonyl (C=O) groups is 3. The summed E-state index contributed by atoms with van der Waals surface area (Å²) < 4.78 is -0.759. The van der Waals surface area contributed by atoms with Crippen molar-refractivity contribution in [2.45, 2.75) is 82.0 Å². The number of fused-ring (bicyclic) bond motifs is 1. The monoisotopic (exact) mass is 581 g/mol. The molecule has 3 aliphatic rings. The van der Waals surface area contributed by atoms with Crippen LogP contribution in [0.15, 0.2) is 55.6 Å². The van der Waals surface area contributed by atoms with Crippen LogP contribution >= 0.6 is 11.8 Å². The van der Waals surface area contributed by atoms with E-state index < -0.39 is 34.2 Å². The van der Waals surface area contributed by atoms with Crippen LogP contribution in [0.25, 0.3) is 0 Å². The lowest BCUT2D eigenvalue weighted by atomic mass is 9.65. The second kappa shape index (κ2) is 12.0. The molecule has 0 saturated carbocycles. The molecule has 4 rings (SSSR count). The van der Waals surface area contributed by atoms with Crippen molar-refractivity contribution in [2.75, 3.05) is 24.6 Å². The van der Waals surface area contributed by atoms with Crippen LogP contribution in [0.3, 0.4) is 0 Å². The number of rotatable bonds is 11. The summed E-state index contributed by atoms with van der Waals surface area (Å²) in [6, 6.07) is 8.21. The molecule has 41 heavy (non-hydrogen) atoms. The summed E-state index contributed by atoms with van der Waals surface area (Å²) in [6.07, 6.45) is 4.75. The average Bonchev–Trinajstić information content (AvgIpc) is 3.51. The summed E-state index contributed by atoms with van der Waals surface area (Å²) in [4.78, 5) is 49.1. The molecular formula is C33H47N3O4S. The molecule has 1 aromatic carbocycles. The lowest BCUT2D eigenvalue weighted by molar-refractivity contribution is -0.148. The first kappa shape index (κ1) is 31.4. The van der Waals surface area contributed by atoms with Crippen LogP contribution in [0.5, 0.6) is 0 Å². The van der Waals surface area contributed by atoms with E-state index in [9.17, 15) is 19.5 Å². The molecule has 2 bridgehead atoms. The van der Waals surface area contributed by atoms with E-state index in [0.29, 0.717) is 19.5 Å². The molecule has 1 spiro atoms. The quantitative estimate of drug-likeness (QED) is 0.381. The maximum atomic E-state index is 14.7. The van der Waals surface area contributed by atoms with Gasteiger partial charge in [0, 0.05) is 29.6 Å². The number of aliphatic hydroxyl groups excluding tert-OH is 1. The molecule has 0 aromatic heterocycles. The fourth-order valence-electron chi connectivity index (χ4n) is 7.45. The average molecular weight is 582 g/mol. The molecule has 3 saturated heterocycles. The topological polar surface area (TPSA) is 81.2 Å². The van der Waals surface area contributed by atoms with Gasteiger partial charge in [-0.05, 0) is 57.6 Å². The van der Waals surface area contributed by atoms with Gasteiger partial charge in [0.25, 0.3) is 0 Å². The Morgan fingerprint density at radius 2 is 1.78 bits per heavy atom. The molecule has 1 N–H and O–H groups in total. The van der Waals surface area contributed by atoms with Gasteiger partial charge >= 0.3 is 0 Å². The number of benzene rings is 1. The molecule has 7 nitrogen and oxygen atoms in total. The summed E-state index contributed by atoms with van der Waals surface area (Å²) in [7, 11) is 0. The van der Waals surface area contributed by atoms with Gasteiger partial charge in [-0.3, -0.25) is 14.4 Å². The zero-order valence-electron chi connectivity index (χ0n) is 25.5. The Morgan fingerprint density at radius 3 is 2.32 bits per heavy atom. The van der Waals surface area contributed by atoms with E-state index in [1.54, 1.807) is 38.6 Å². The van der Waals surface area contributed by atoms with Gasteiger partial charge < -0.3 is 19.8 Å². The van der Waals surface area contributed by atoms with Crippen molar-refractivity contribution in [3.63, 3.8) is 0 Å². The largest absolute Gasteiger partial charge is 0.394 e. The van der Waals surface area contributed by atoms with Crippen LogP contribution in [0.2, 0.25) is 0 Å². The first-order valence-corrected chi connectivity index (χ1v) is 15.7. The Morgan fingerprint density at radius 1 is 1.15 bits per heavy atom. The first-order valence-electron chi connectivity index (χ1n) is 14.9. The third-order valence-corrected chi connectivity index (χ3v) is 11.2. The van der Waals surface area contributed by atoms with E-state index in [1.165, 1.54) is 0 Å². The van der Waals surface area contributed by atoms with Gasteiger partial charge in [0.2, 0.25) is 17.7 Å². The number of thioether (sulfide) groups is 1. The van der Waals surface area contributed by atoms with Crippen molar-refractivity contribution in [1.29, 1.82) is 0 Å². The molecule has 0 radical (unpaired) electrons.